The van der Waals surface area contributed by atoms with Crippen LogP contribution in [0.1, 0.15) is 32.1 Å². The molecule has 0 aliphatic heterocycles. The molecule has 4 nitrogen and oxygen atoms in total. The summed E-state index contributed by atoms with van der Waals surface area (Å²) in [6, 6.07) is 22.5. The topological polar surface area (TPSA) is 76.1 Å². The zero-order valence-corrected chi connectivity index (χ0v) is 16.8. The lowest BCUT2D eigenvalue weighted by atomic mass is 9.89. The minimum absolute atomic E-state index is 0.778. The van der Waals surface area contributed by atoms with Crippen LogP contribution in [0.15, 0.2) is 66.7 Å². The third-order valence-corrected chi connectivity index (χ3v) is 5.78. The first-order chi connectivity index (χ1) is 14.2. The Labute approximate surface area is 173 Å². The summed E-state index contributed by atoms with van der Waals surface area (Å²) in [7, 11) is 0. The van der Waals surface area contributed by atoms with Gasteiger partial charge in [-0.3, -0.25) is 0 Å². The van der Waals surface area contributed by atoms with Crippen molar-refractivity contribution >= 4 is 28.4 Å². The number of rotatable bonds is 6. The highest BCUT2D eigenvalue weighted by molar-refractivity contribution is 5.75. The molecule has 4 rings (SSSR count). The van der Waals surface area contributed by atoms with Gasteiger partial charge in [-0.25, -0.2) is 0 Å². The molecule has 0 bridgehead atoms. The molecule has 0 spiro atoms. The fourth-order valence-electron chi connectivity index (χ4n) is 4.04. The first kappa shape index (κ1) is 19.2. The molecular weight excluding hydrogens is 356 g/mol. The smallest absolute Gasteiger partial charge is 0.0575 e. The fourth-order valence-corrected chi connectivity index (χ4v) is 4.04. The molecule has 150 valence electrons. The molecule has 6 N–H and O–H groups in total. The summed E-state index contributed by atoms with van der Waals surface area (Å²) >= 11 is 0. The van der Waals surface area contributed by atoms with Crippen LogP contribution in [0.2, 0.25) is 0 Å². The molecule has 0 amide bonds. The van der Waals surface area contributed by atoms with Gasteiger partial charge in [0.1, 0.15) is 0 Å². The third-order valence-electron chi connectivity index (χ3n) is 5.78. The number of anilines is 5. The Morgan fingerprint density at radius 2 is 1.34 bits per heavy atom. The van der Waals surface area contributed by atoms with Gasteiger partial charge in [0.05, 0.1) is 11.4 Å². The largest absolute Gasteiger partial charge is 0.399 e. The van der Waals surface area contributed by atoms with E-state index >= 15 is 0 Å². The first-order valence-electron chi connectivity index (χ1n) is 10.5. The monoisotopic (exact) mass is 386 g/mol. The molecule has 0 aromatic heterocycles. The molecule has 0 unspecified atom stereocenters. The summed E-state index contributed by atoms with van der Waals surface area (Å²) in [5, 5.41) is 6.98. The molecule has 0 heterocycles. The molecule has 1 saturated carbocycles. The lowest BCUT2D eigenvalue weighted by molar-refractivity contribution is 0.373. The maximum absolute atomic E-state index is 6.29. The number of hydrogen-bond donors (Lipinski definition) is 4. The van der Waals surface area contributed by atoms with Crippen molar-refractivity contribution in [3.8, 4) is 11.1 Å². The van der Waals surface area contributed by atoms with Crippen molar-refractivity contribution in [2.45, 2.75) is 32.1 Å². The predicted octanol–water partition coefficient (Wildman–Crippen LogP) is 6.25. The molecule has 1 aliphatic carbocycles. The van der Waals surface area contributed by atoms with Crippen molar-refractivity contribution in [1.82, 2.24) is 0 Å². The van der Waals surface area contributed by atoms with E-state index in [0.717, 1.165) is 52.0 Å². The van der Waals surface area contributed by atoms with Crippen molar-refractivity contribution in [1.29, 1.82) is 0 Å². The minimum Gasteiger partial charge on any atom is -0.399 e. The summed E-state index contributed by atoms with van der Waals surface area (Å²) in [6.45, 7) is 1.02. The molecule has 3 aromatic carbocycles. The predicted molar refractivity (Wildman–Crippen MR) is 125 cm³/mol. The number of nitrogens with two attached hydrogens (primary N) is 2. The number of nitrogen functional groups attached to an aromatic ring is 2. The van der Waals surface area contributed by atoms with Gasteiger partial charge < -0.3 is 22.1 Å². The van der Waals surface area contributed by atoms with Crippen LogP contribution in [-0.4, -0.2) is 6.54 Å². The fraction of sp³-hybridized carbons (Fsp3) is 0.280. The molecule has 0 atom stereocenters. The van der Waals surface area contributed by atoms with E-state index in [1.54, 1.807) is 0 Å². The van der Waals surface area contributed by atoms with E-state index in [1.165, 1.54) is 32.1 Å². The van der Waals surface area contributed by atoms with E-state index in [-0.39, 0.29) is 0 Å². The van der Waals surface area contributed by atoms with E-state index in [0.29, 0.717) is 0 Å². The van der Waals surface area contributed by atoms with Crippen molar-refractivity contribution in [3.05, 3.63) is 66.7 Å². The average Bonchev–Trinajstić information content (AvgIpc) is 2.75. The van der Waals surface area contributed by atoms with Crippen LogP contribution >= 0.6 is 0 Å². The third kappa shape index (κ3) is 5.02. The molecule has 0 saturated heterocycles. The molecule has 0 radical (unpaired) electrons. The highest BCUT2D eigenvalue weighted by atomic mass is 14.9. The second kappa shape index (κ2) is 8.91. The van der Waals surface area contributed by atoms with Crippen LogP contribution < -0.4 is 22.1 Å². The lowest BCUT2D eigenvalue weighted by Crippen LogP contribution is -2.17. The summed E-state index contributed by atoms with van der Waals surface area (Å²) < 4.78 is 0. The Bertz CT molecular complexity index is 926. The summed E-state index contributed by atoms with van der Waals surface area (Å²) in [6.07, 6.45) is 6.78. The zero-order valence-electron chi connectivity index (χ0n) is 16.8. The highest BCUT2D eigenvalue weighted by Crippen LogP contribution is 2.29. The van der Waals surface area contributed by atoms with Gasteiger partial charge in [0.15, 0.2) is 0 Å². The van der Waals surface area contributed by atoms with Crippen molar-refractivity contribution in [2.75, 3.05) is 28.6 Å². The standard InChI is InChI=1S/C25H30N4/c26-21-10-6-19(7-11-21)20-8-12-22(13-9-20)29-23-14-15-25(24(27)16-23)28-17-18-4-2-1-3-5-18/h6-16,18,28-29H,1-5,17,26-27H2. The van der Waals surface area contributed by atoms with E-state index in [1.807, 2.05) is 30.3 Å². The second-order valence-corrected chi connectivity index (χ2v) is 8.01. The van der Waals surface area contributed by atoms with Crippen LogP contribution in [0.3, 0.4) is 0 Å². The molecule has 29 heavy (non-hydrogen) atoms. The number of benzene rings is 3. The van der Waals surface area contributed by atoms with Crippen molar-refractivity contribution in [2.24, 2.45) is 5.92 Å². The van der Waals surface area contributed by atoms with Gasteiger partial charge in [-0.05, 0) is 72.4 Å². The van der Waals surface area contributed by atoms with E-state index in [9.17, 15) is 0 Å². The van der Waals surface area contributed by atoms with E-state index in [4.69, 9.17) is 11.5 Å². The minimum atomic E-state index is 0.778. The normalized spacial score (nSPS) is 14.5. The zero-order chi connectivity index (χ0) is 20.1. The molecule has 3 aromatic rings. The van der Waals surface area contributed by atoms with Gasteiger partial charge in [-0.15, -0.1) is 0 Å². The van der Waals surface area contributed by atoms with Crippen LogP contribution in [-0.2, 0) is 0 Å². The van der Waals surface area contributed by atoms with Gasteiger partial charge in [0, 0.05) is 23.6 Å². The first-order valence-corrected chi connectivity index (χ1v) is 10.5. The quantitative estimate of drug-likeness (QED) is 0.377. The summed E-state index contributed by atoms with van der Waals surface area (Å²) in [5.74, 6) is 0.778. The van der Waals surface area contributed by atoms with Crippen LogP contribution in [0.25, 0.3) is 11.1 Å². The highest BCUT2D eigenvalue weighted by Gasteiger charge is 2.13. The maximum Gasteiger partial charge on any atom is 0.0575 e. The molecule has 1 aliphatic rings. The Morgan fingerprint density at radius 1 is 0.724 bits per heavy atom. The van der Waals surface area contributed by atoms with E-state index < -0.39 is 0 Å². The number of hydrogen-bond acceptors (Lipinski definition) is 4. The van der Waals surface area contributed by atoms with Crippen molar-refractivity contribution < 1.29 is 0 Å². The Balaban J connectivity index is 1.37. The van der Waals surface area contributed by atoms with Gasteiger partial charge in [0.2, 0.25) is 0 Å². The number of nitrogens with one attached hydrogen (secondary N) is 2. The maximum atomic E-state index is 6.29. The SMILES string of the molecule is Nc1ccc(-c2ccc(Nc3ccc(NCC4CCCCC4)c(N)c3)cc2)cc1. The van der Waals surface area contributed by atoms with Crippen LogP contribution in [0.4, 0.5) is 28.4 Å². The van der Waals surface area contributed by atoms with Gasteiger partial charge in [0.25, 0.3) is 0 Å². The Kier molecular flexibility index (Phi) is 5.89. The molecule has 1 fully saturated rings. The van der Waals surface area contributed by atoms with Gasteiger partial charge >= 0.3 is 0 Å². The Hall–Kier alpha value is -3.14. The van der Waals surface area contributed by atoms with Gasteiger partial charge in [-0.1, -0.05) is 43.5 Å². The Morgan fingerprint density at radius 3 is 2.00 bits per heavy atom. The second-order valence-electron chi connectivity index (χ2n) is 8.01. The summed E-state index contributed by atoms with van der Waals surface area (Å²) in [5.41, 5.74) is 19.0. The molecule has 4 heteroatoms. The van der Waals surface area contributed by atoms with E-state index in [2.05, 4.69) is 47.0 Å². The molecular formula is C25H30N4. The van der Waals surface area contributed by atoms with Crippen LogP contribution in [0.5, 0.6) is 0 Å². The average molecular weight is 387 g/mol. The van der Waals surface area contributed by atoms with Crippen LogP contribution in [0, 0.1) is 5.92 Å². The van der Waals surface area contributed by atoms with Crippen molar-refractivity contribution in [3.63, 3.8) is 0 Å². The lowest BCUT2D eigenvalue weighted by Gasteiger charge is -2.22. The summed E-state index contributed by atoms with van der Waals surface area (Å²) in [4.78, 5) is 0. The van der Waals surface area contributed by atoms with Gasteiger partial charge in [-0.2, -0.15) is 0 Å².